The number of aliphatic imine (C=N–C) groups is 1. The van der Waals surface area contributed by atoms with Crippen LogP contribution in [-0.4, -0.2) is 35.7 Å². The number of benzene rings is 2. The van der Waals surface area contributed by atoms with E-state index >= 15 is 0 Å². The lowest BCUT2D eigenvalue weighted by molar-refractivity contribution is 0.336. The topological polar surface area (TPSA) is 63.5 Å². The molecule has 3 aromatic rings. The van der Waals surface area contributed by atoms with Gasteiger partial charge < -0.3 is 19.9 Å². The number of imidazole rings is 1. The van der Waals surface area contributed by atoms with Crippen LogP contribution >= 0.6 is 24.0 Å². The second-order valence-electron chi connectivity index (χ2n) is 6.68. The van der Waals surface area contributed by atoms with E-state index in [1.807, 2.05) is 31.5 Å². The van der Waals surface area contributed by atoms with E-state index in [2.05, 4.69) is 56.4 Å². The third-order valence-electron chi connectivity index (χ3n) is 4.59. The van der Waals surface area contributed by atoms with Crippen LogP contribution in [0.1, 0.15) is 24.5 Å². The first-order valence-electron chi connectivity index (χ1n) is 9.78. The number of nitrogens with zero attached hydrogens (tertiary/aromatic N) is 3. The minimum atomic E-state index is 0. The number of halogens is 1. The molecule has 2 N–H and O–H groups in total. The van der Waals surface area contributed by atoms with Gasteiger partial charge in [-0.1, -0.05) is 24.3 Å². The zero-order valence-electron chi connectivity index (χ0n) is 17.3. The van der Waals surface area contributed by atoms with Crippen molar-refractivity contribution < 1.29 is 4.74 Å². The molecule has 0 bridgehead atoms. The monoisotopic (exact) mass is 507 g/mol. The third kappa shape index (κ3) is 6.35. The van der Waals surface area contributed by atoms with Crippen LogP contribution < -0.4 is 15.4 Å². The number of fused-ring (bicyclic) bond motifs is 1. The Morgan fingerprint density at radius 1 is 1.17 bits per heavy atom. The summed E-state index contributed by atoms with van der Waals surface area (Å²) in [7, 11) is 1.79. The Labute approximate surface area is 189 Å². The fourth-order valence-corrected chi connectivity index (χ4v) is 3.14. The molecule has 0 saturated heterocycles. The molecule has 0 unspecified atom stereocenters. The average molecular weight is 507 g/mol. The molecule has 29 heavy (non-hydrogen) atoms. The van der Waals surface area contributed by atoms with Crippen LogP contribution in [0.15, 0.2) is 53.8 Å². The van der Waals surface area contributed by atoms with Gasteiger partial charge in [-0.25, -0.2) is 4.98 Å². The second-order valence-corrected chi connectivity index (χ2v) is 6.68. The largest absolute Gasteiger partial charge is 0.494 e. The average Bonchev–Trinajstić information content (AvgIpc) is 3.12. The minimum Gasteiger partial charge on any atom is -0.494 e. The number of ether oxygens (including phenoxy) is 1. The van der Waals surface area contributed by atoms with Crippen molar-refractivity contribution in [1.82, 2.24) is 20.2 Å². The Kier molecular flexibility index (Phi) is 9.24. The van der Waals surface area contributed by atoms with Crippen molar-refractivity contribution in [2.75, 3.05) is 20.2 Å². The highest BCUT2D eigenvalue weighted by Crippen LogP contribution is 2.20. The fraction of sp³-hybridized carbons (Fsp3) is 0.364. The molecule has 0 saturated carbocycles. The molecule has 2 aromatic carbocycles. The highest BCUT2D eigenvalue weighted by atomic mass is 127. The molecule has 0 spiro atoms. The predicted molar refractivity (Wildman–Crippen MR) is 130 cm³/mol. The van der Waals surface area contributed by atoms with Gasteiger partial charge in [0, 0.05) is 32.2 Å². The van der Waals surface area contributed by atoms with Gasteiger partial charge in [-0.2, -0.15) is 0 Å². The fourth-order valence-electron chi connectivity index (χ4n) is 3.14. The maximum absolute atomic E-state index is 5.75. The number of rotatable bonds is 8. The van der Waals surface area contributed by atoms with Crippen LogP contribution in [0.2, 0.25) is 0 Å². The number of hydrogen-bond acceptors (Lipinski definition) is 3. The Bertz CT molecular complexity index is 938. The van der Waals surface area contributed by atoms with Crippen molar-refractivity contribution in [2.45, 2.75) is 33.4 Å². The first-order valence-corrected chi connectivity index (χ1v) is 9.78. The molecule has 0 radical (unpaired) electrons. The minimum absolute atomic E-state index is 0. The van der Waals surface area contributed by atoms with Gasteiger partial charge in [0.2, 0.25) is 0 Å². The number of nitrogens with one attached hydrogen (secondary N) is 2. The van der Waals surface area contributed by atoms with Gasteiger partial charge in [0.25, 0.3) is 0 Å². The van der Waals surface area contributed by atoms with Crippen LogP contribution in [-0.2, 0) is 13.1 Å². The highest BCUT2D eigenvalue weighted by Gasteiger charge is 2.06. The lowest BCUT2D eigenvalue weighted by Crippen LogP contribution is -2.37. The maximum atomic E-state index is 5.75. The van der Waals surface area contributed by atoms with Crippen LogP contribution in [0, 0.1) is 6.92 Å². The Balaban J connectivity index is 0.00000300. The normalized spacial score (nSPS) is 11.2. The van der Waals surface area contributed by atoms with Gasteiger partial charge in [-0.15, -0.1) is 24.0 Å². The van der Waals surface area contributed by atoms with Crippen LogP contribution in [0.25, 0.3) is 11.0 Å². The van der Waals surface area contributed by atoms with Crippen molar-refractivity contribution in [3.05, 3.63) is 59.9 Å². The Morgan fingerprint density at radius 3 is 2.79 bits per heavy atom. The number of aromatic nitrogens is 2. The van der Waals surface area contributed by atoms with Crippen molar-refractivity contribution in [2.24, 2.45) is 4.99 Å². The van der Waals surface area contributed by atoms with E-state index in [1.165, 1.54) is 11.1 Å². The molecule has 6 nitrogen and oxygen atoms in total. The number of para-hydroxylation sites is 2. The van der Waals surface area contributed by atoms with Gasteiger partial charge in [-0.3, -0.25) is 4.99 Å². The molecule has 1 aromatic heterocycles. The van der Waals surface area contributed by atoms with Gasteiger partial charge in [-0.05, 0) is 44.0 Å². The van der Waals surface area contributed by atoms with E-state index in [9.17, 15) is 0 Å². The summed E-state index contributed by atoms with van der Waals surface area (Å²) in [5.41, 5.74) is 4.53. The van der Waals surface area contributed by atoms with E-state index in [0.29, 0.717) is 13.2 Å². The molecule has 0 atom stereocenters. The quantitative estimate of drug-likeness (QED) is 0.209. The standard InChI is InChI=1S/C22H29N5O.HI/c1-4-28-21-14-17(2)10-11-18(21)15-25-22(23-3)24-12-7-13-27-16-26-19-8-5-6-9-20(19)27;/h5-6,8-11,14,16H,4,7,12-13,15H2,1-3H3,(H2,23,24,25);1H. The third-order valence-corrected chi connectivity index (χ3v) is 4.59. The van der Waals surface area contributed by atoms with Gasteiger partial charge in [0.05, 0.1) is 24.0 Å². The Hall–Kier alpha value is -2.29. The van der Waals surface area contributed by atoms with Gasteiger partial charge >= 0.3 is 0 Å². The first-order chi connectivity index (χ1) is 13.7. The molecule has 1 heterocycles. The summed E-state index contributed by atoms with van der Waals surface area (Å²) >= 11 is 0. The van der Waals surface area contributed by atoms with Crippen LogP contribution in [0.3, 0.4) is 0 Å². The molecule has 156 valence electrons. The molecular formula is C22H30IN5O. The lowest BCUT2D eigenvalue weighted by Gasteiger charge is -2.15. The smallest absolute Gasteiger partial charge is 0.191 e. The van der Waals surface area contributed by atoms with E-state index in [4.69, 9.17) is 4.74 Å². The summed E-state index contributed by atoms with van der Waals surface area (Å²) in [6, 6.07) is 14.5. The van der Waals surface area contributed by atoms with E-state index < -0.39 is 0 Å². The molecule has 7 heteroatoms. The number of aryl methyl sites for hydroxylation is 2. The van der Waals surface area contributed by atoms with Crippen molar-refractivity contribution in [3.8, 4) is 5.75 Å². The molecule has 3 rings (SSSR count). The van der Waals surface area contributed by atoms with Gasteiger partial charge in [0.1, 0.15) is 5.75 Å². The van der Waals surface area contributed by atoms with Gasteiger partial charge in [0.15, 0.2) is 5.96 Å². The molecule has 0 aliphatic carbocycles. The second kappa shape index (κ2) is 11.6. The summed E-state index contributed by atoms with van der Waals surface area (Å²) in [6.07, 6.45) is 2.89. The molecule has 0 fully saturated rings. The first kappa shape index (κ1) is 23.0. The maximum Gasteiger partial charge on any atom is 0.191 e. The number of hydrogen-bond donors (Lipinski definition) is 2. The molecule has 0 amide bonds. The van der Waals surface area contributed by atoms with Crippen molar-refractivity contribution in [3.63, 3.8) is 0 Å². The molecular weight excluding hydrogens is 477 g/mol. The summed E-state index contributed by atoms with van der Waals surface area (Å²) in [4.78, 5) is 8.75. The van der Waals surface area contributed by atoms with E-state index in [-0.39, 0.29) is 24.0 Å². The summed E-state index contributed by atoms with van der Waals surface area (Å²) in [6.45, 7) is 7.15. The zero-order valence-corrected chi connectivity index (χ0v) is 19.6. The lowest BCUT2D eigenvalue weighted by atomic mass is 10.1. The summed E-state index contributed by atoms with van der Waals surface area (Å²) in [5, 5.41) is 6.74. The summed E-state index contributed by atoms with van der Waals surface area (Å²) < 4.78 is 7.94. The number of guanidine groups is 1. The Morgan fingerprint density at radius 2 is 2.00 bits per heavy atom. The van der Waals surface area contributed by atoms with Crippen molar-refractivity contribution in [1.29, 1.82) is 0 Å². The predicted octanol–water partition coefficient (Wildman–Crippen LogP) is 4.12. The zero-order chi connectivity index (χ0) is 19.8. The van der Waals surface area contributed by atoms with E-state index in [1.54, 1.807) is 7.05 Å². The molecule has 0 aliphatic rings. The van der Waals surface area contributed by atoms with Crippen LogP contribution in [0.4, 0.5) is 0 Å². The molecule has 0 aliphatic heterocycles. The summed E-state index contributed by atoms with van der Waals surface area (Å²) in [5.74, 6) is 1.72. The SMILES string of the molecule is CCOc1cc(C)ccc1CNC(=NC)NCCCn1cnc2ccccc21.I. The van der Waals surface area contributed by atoms with Crippen molar-refractivity contribution >= 4 is 41.0 Å². The van der Waals surface area contributed by atoms with E-state index in [0.717, 1.165) is 42.3 Å². The highest BCUT2D eigenvalue weighted by molar-refractivity contribution is 14.0. The van der Waals surface area contributed by atoms with Crippen LogP contribution in [0.5, 0.6) is 5.75 Å².